The van der Waals surface area contributed by atoms with E-state index in [1.54, 1.807) is 12.1 Å². The number of hydrogen-bond acceptors (Lipinski definition) is 3. The van der Waals surface area contributed by atoms with Crippen LogP contribution in [0.25, 0.3) is 0 Å². The van der Waals surface area contributed by atoms with Gasteiger partial charge in [-0.15, -0.1) is 0 Å². The molecule has 0 atom stereocenters. The van der Waals surface area contributed by atoms with Crippen molar-refractivity contribution in [3.63, 3.8) is 0 Å². The molecule has 3 nitrogen and oxygen atoms in total. The van der Waals surface area contributed by atoms with Gasteiger partial charge in [-0.1, -0.05) is 35.3 Å². The summed E-state index contributed by atoms with van der Waals surface area (Å²) >= 11 is 11.9. The van der Waals surface area contributed by atoms with Crippen LogP contribution in [0.1, 0.15) is 11.1 Å². The number of anilines is 1. The Morgan fingerprint density at radius 2 is 1.95 bits per heavy atom. The lowest BCUT2D eigenvalue weighted by Crippen LogP contribution is -2.03. The molecule has 0 aromatic heterocycles. The first-order valence-corrected chi connectivity index (χ1v) is 7.51. The molecule has 5 heteroatoms. The van der Waals surface area contributed by atoms with Crippen molar-refractivity contribution in [2.24, 2.45) is 0 Å². The van der Waals surface area contributed by atoms with Crippen molar-refractivity contribution in [1.29, 1.82) is 0 Å². The van der Waals surface area contributed by atoms with E-state index >= 15 is 0 Å². The molecule has 0 amide bonds. The number of rotatable bonds is 4. The van der Waals surface area contributed by atoms with Gasteiger partial charge in [-0.05, 0) is 23.3 Å². The highest BCUT2D eigenvalue weighted by molar-refractivity contribution is 6.42. The van der Waals surface area contributed by atoms with Gasteiger partial charge in [0.25, 0.3) is 0 Å². The normalized spacial score (nSPS) is 12.9. The fourth-order valence-corrected chi connectivity index (χ4v) is 2.67. The van der Waals surface area contributed by atoms with Crippen LogP contribution < -0.4 is 15.2 Å². The lowest BCUT2D eigenvalue weighted by molar-refractivity contribution is 0.323. The van der Waals surface area contributed by atoms with Crippen molar-refractivity contribution >= 4 is 28.9 Å². The second-order valence-electron chi connectivity index (χ2n) is 4.94. The number of benzene rings is 2. The predicted molar refractivity (Wildman–Crippen MR) is 85.7 cm³/mol. The Balaban J connectivity index is 1.62. The molecule has 0 unspecified atom stereocenters. The first kappa shape index (κ1) is 14.4. The van der Waals surface area contributed by atoms with Gasteiger partial charge < -0.3 is 15.2 Å². The lowest BCUT2D eigenvalue weighted by Gasteiger charge is -2.10. The van der Waals surface area contributed by atoms with Gasteiger partial charge in [-0.2, -0.15) is 0 Å². The summed E-state index contributed by atoms with van der Waals surface area (Å²) in [6.07, 6.45) is 1.77. The van der Waals surface area contributed by atoms with E-state index in [4.69, 9.17) is 38.4 Å². The maximum absolute atomic E-state index is 5.96. The summed E-state index contributed by atoms with van der Waals surface area (Å²) in [4.78, 5) is 0. The van der Waals surface area contributed by atoms with Crippen molar-refractivity contribution in [3.05, 3.63) is 51.5 Å². The summed E-state index contributed by atoms with van der Waals surface area (Å²) in [6.45, 7) is 1.30. The molecule has 21 heavy (non-hydrogen) atoms. The minimum Gasteiger partial charge on any atom is -0.493 e. The largest absolute Gasteiger partial charge is 0.493 e. The Kier molecular flexibility index (Phi) is 4.13. The van der Waals surface area contributed by atoms with Gasteiger partial charge in [0.05, 0.1) is 28.9 Å². The molecule has 0 aliphatic carbocycles. The van der Waals surface area contributed by atoms with Gasteiger partial charge in [0.1, 0.15) is 11.5 Å². The molecule has 0 fully saturated rings. The average molecular weight is 324 g/mol. The third-order valence-corrected chi connectivity index (χ3v) is 4.18. The summed E-state index contributed by atoms with van der Waals surface area (Å²) in [7, 11) is 0. The van der Waals surface area contributed by atoms with E-state index in [0.29, 0.717) is 28.1 Å². The van der Waals surface area contributed by atoms with E-state index in [0.717, 1.165) is 25.2 Å². The van der Waals surface area contributed by atoms with Crippen LogP contribution in [0, 0.1) is 0 Å². The van der Waals surface area contributed by atoms with Crippen LogP contribution in [0.3, 0.4) is 0 Å². The van der Waals surface area contributed by atoms with Crippen molar-refractivity contribution < 1.29 is 9.47 Å². The van der Waals surface area contributed by atoms with Crippen LogP contribution in [0.4, 0.5) is 5.69 Å². The Labute approximate surface area is 133 Å². The Morgan fingerprint density at radius 1 is 1.14 bits per heavy atom. The maximum atomic E-state index is 5.96. The van der Waals surface area contributed by atoms with Gasteiger partial charge in [0.2, 0.25) is 0 Å². The van der Waals surface area contributed by atoms with E-state index in [-0.39, 0.29) is 0 Å². The van der Waals surface area contributed by atoms with E-state index in [1.807, 2.05) is 6.07 Å². The summed E-state index contributed by atoms with van der Waals surface area (Å²) in [5.41, 5.74) is 8.84. The number of halogens is 2. The Hall–Kier alpha value is -1.58. The molecule has 2 aromatic carbocycles. The molecule has 2 aromatic rings. The minimum absolute atomic E-state index is 0.431. The maximum Gasteiger partial charge on any atom is 0.143 e. The number of nitrogen functional groups attached to an aromatic ring is 1. The number of nitrogens with two attached hydrogens (primary N) is 1. The van der Waals surface area contributed by atoms with Gasteiger partial charge in [0.15, 0.2) is 0 Å². The standard InChI is InChI=1S/C16H15Cl2NO2/c17-12-8-14(19)16(9-13(12)18)21-5-3-10-1-2-15-11(7-10)4-6-20-15/h1-2,7-9H,3-6,19H2. The van der Waals surface area contributed by atoms with E-state index < -0.39 is 0 Å². The lowest BCUT2D eigenvalue weighted by atomic mass is 10.1. The molecule has 3 rings (SSSR count). The second-order valence-corrected chi connectivity index (χ2v) is 5.76. The zero-order chi connectivity index (χ0) is 14.8. The highest BCUT2D eigenvalue weighted by Gasteiger charge is 2.12. The zero-order valence-electron chi connectivity index (χ0n) is 11.4. The SMILES string of the molecule is Nc1cc(Cl)c(Cl)cc1OCCc1ccc2c(c1)CCO2. The van der Waals surface area contributed by atoms with Crippen LogP contribution in [0.2, 0.25) is 10.0 Å². The van der Waals surface area contributed by atoms with Crippen LogP contribution >= 0.6 is 23.2 Å². The molecule has 1 aliphatic heterocycles. The topological polar surface area (TPSA) is 44.5 Å². The van der Waals surface area contributed by atoms with Crippen LogP contribution in [-0.2, 0) is 12.8 Å². The number of ether oxygens (including phenoxy) is 2. The number of hydrogen-bond donors (Lipinski definition) is 1. The first-order chi connectivity index (χ1) is 10.1. The fourth-order valence-electron chi connectivity index (χ4n) is 2.34. The second kappa shape index (κ2) is 6.04. The van der Waals surface area contributed by atoms with Gasteiger partial charge in [0, 0.05) is 18.9 Å². The molecular weight excluding hydrogens is 309 g/mol. The van der Waals surface area contributed by atoms with Crippen molar-refractivity contribution in [3.8, 4) is 11.5 Å². The van der Waals surface area contributed by atoms with E-state index in [2.05, 4.69) is 12.1 Å². The Bertz CT molecular complexity index is 674. The third-order valence-electron chi connectivity index (χ3n) is 3.45. The molecule has 1 heterocycles. The molecular formula is C16H15Cl2NO2. The van der Waals surface area contributed by atoms with Crippen molar-refractivity contribution in [2.45, 2.75) is 12.8 Å². The predicted octanol–water partition coefficient (Wildman–Crippen LogP) is 4.13. The highest BCUT2D eigenvalue weighted by atomic mass is 35.5. The summed E-state index contributed by atoms with van der Waals surface area (Å²) in [6, 6.07) is 9.50. The van der Waals surface area contributed by atoms with E-state index in [1.165, 1.54) is 11.1 Å². The zero-order valence-corrected chi connectivity index (χ0v) is 12.9. The van der Waals surface area contributed by atoms with Crippen LogP contribution in [0.15, 0.2) is 30.3 Å². The van der Waals surface area contributed by atoms with E-state index in [9.17, 15) is 0 Å². The summed E-state index contributed by atoms with van der Waals surface area (Å²) < 4.78 is 11.2. The van der Waals surface area contributed by atoms with Crippen LogP contribution in [-0.4, -0.2) is 13.2 Å². The summed E-state index contributed by atoms with van der Waals surface area (Å²) in [5.74, 6) is 1.56. The molecule has 0 saturated carbocycles. The molecule has 0 saturated heterocycles. The molecule has 0 radical (unpaired) electrons. The Morgan fingerprint density at radius 3 is 2.81 bits per heavy atom. The fraction of sp³-hybridized carbons (Fsp3) is 0.250. The molecule has 110 valence electrons. The number of fused-ring (bicyclic) bond motifs is 1. The molecule has 1 aliphatic rings. The monoisotopic (exact) mass is 323 g/mol. The quantitative estimate of drug-likeness (QED) is 0.860. The molecule has 0 spiro atoms. The van der Waals surface area contributed by atoms with Crippen molar-refractivity contribution in [2.75, 3.05) is 18.9 Å². The van der Waals surface area contributed by atoms with Gasteiger partial charge in [-0.25, -0.2) is 0 Å². The molecule has 0 bridgehead atoms. The summed E-state index contributed by atoms with van der Waals surface area (Å²) in [5, 5.41) is 0.871. The van der Waals surface area contributed by atoms with Crippen LogP contribution in [0.5, 0.6) is 11.5 Å². The highest BCUT2D eigenvalue weighted by Crippen LogP contribution is 2.32. The smallest absolute Gasteiger partial charge is 0.143 e. The van der Waals surface area contributed by atoms with Gasteiger partial charge >= 0.3 is 0 Å². The third kappa shape index (κ3) is 3.20. The average Bonchev–Trinajstić information content (AvgIpc) is 2.92. The molecule has 2 N–H and O–H groups in total. The van der Waals surface area contributed by atoms with Gasteiger partial charge in [-0.3, -0.25) is 0 Å². The van der Waals surface area contributed by atoms with Crippen molar-refractivity contribution in [1.82, 2.24) is 0 Å². The first-order valence-electron chi connectivity index (χ1n) is 6.75. The minimum atomic E-state index is 0.431.